The molecule has 1 saturated carbocycles. The van der Waals surface area contributed by atoms with Crippen LogP contribution < -0.4 is 10.1 Å². The molecule has 112 valence electrons. The molecular weight excluding hydrogens is 286 g/mol. The minimum Gasteiger partial charge on any atom is -0.495 e. The fourth-order valence-electron chi connectivity index (χ4n) is 2.85. The molecule has 2 aromatic rings. The topological polar surface area (TPSA) is 39.1 Å². The number of nitrogens with zero attached hydrogens (tertiary/aromatic N) is 2. The minimum absolute atomic E-state index is 0.522. The molecule has 3 rings (SSSR count). The first-order chi connectivity index (χ1) is 10.3. The van der Waals surface area contributed by atoms with Crippen molar-refractivity contribution in [2.24, 2.45) is 0 Å². The van der Waals surface area contributed by atoms with Gasteiger partial charge in [-0.25, -0.2) is 4.98 Å². The van der Waals surface area contributed by atoms with Gasteiger partial charge in [0.25, 0.3) is 0 Å². The summed E-state index contributed by atoms with van der Waals surface area (Å²) in [6.07, 6.45) is 10.1. The van der Waals surface area contributed by atoms with E-state index < -0.39 is 0 Å². The number of hydrogen-bond acceptors (Lipinski definition) is 3. The minimum atomic E-state index is 0.522. The molecule has 1 aliphatic carbocycles. The summed E-state index contributed by atoms with van der Waals surface area (Å²) in [5.41, 5.74) is 0.983. The van der Waals surface area contributed by atoms with E-state index in [1.165, 1.54) is 32.1 Å². The Hall–Kier alpha value is -1.68. The highest BCUT2D eigenvalue weighted by atomic mass is 35.5. The summed E-state index contributed by atoms with van der Waals surface area (Å²) in [5, 5.41) is 4.16. The van der Waals surface area contributed by atoms with Gasteiger partial charge in [0.15, 0.2) is 0 Å². The zero-order valence-corrected chi connectivity index (χ0v) is 12.9. The molecule has 4 nitrogen and oxygen atoms in total. The van der Waals surface area contributed by atoms with E-state index >= 15 is 0 Å². The summed E-state index contributed by atoms with van der Waals surface area (Å²) in [4.78, 5) is 4.44. The number of rotatable bonds is 4. The lowest BCUT2D eigenvalue weighted by Crippen LogP contribution is -2.24. The van der Waals surface area contributed by atoms with Crippen LogP contribution in [-0.4, -0.2) is 22.7 Å². The molecule has 1 fully saturated rings. The molecule has 0 atom stereocenters. The summed E-state index contributed by atoms with van der Waals surface area (Å²) in [6, 6.07) is 6.28. The van der Waals surface area contributed by atoms with E-state index in [0.717, 1.165) is 11.6 Å². The molecule has 0 saturated heterocycles. The third kappa shape index (κ3) is 3.16. The van der Waals surface area contributed by atoms with Gasteiger partial charge in [0.05, 0.1) is 17.8 Å². The summed E-state index contributed by atoms with van der Waals surface area (Å²) < 4.78 is 7.22. The van der Waals surface area contributed by atoms with Crippen LogP contribution in [0.15, 0.2) is 30.6 Å². The van der Waals surface area contributed by atoms with Crippen molar-refractivity contribution in [2.75, 3.05) is 12.4 Å². The molecule has 1 N–H and O–H groups in total. The summed E-state index contributed by atoms with van der Waals surface area (Å²) in [6.45, 7) is 0. The fourth-order valence-corrected chi connectivity index (χ4v) is 3.11. The lowest BCUT2D eigenvalue weighted by molar-refractivity contribution is 0.415. The van der Waals surface area contributed by atoms with Crippen molar-refractivity contribution < 1.29 is 4.74 Å². The van der Waals surface area contributed by atoms with Crippen molar-refractivity contribution in [1.29, 1.82) is 0 Å². The SMILES string of the molecule is COc1ccc(-n2ccnc2NC2CCCCC2)cc1Cl. The molecule has 0 bridgehead atoms. The van der Waals surface area contributed by atoms with E-state index in [9.17, 15) is 0 Å². The fraction of sp³-hybridized carbons (Fsp3) is 0.438. The lowest BCUT2D eigenvalue weighted by atomic mass is 9.96. The van der Waals surface area contributed by atoms with Gasteiger partial charge in [0, 0.05) is 18.4 Å². The first kappa shape index (κ1) is 14.3. The summed E-state index contributed by atoms with van der Waals surface area (Å²) in [7, 11) is 1.62. The zero-order valence-electron chi connectivity index (χ0n) is 12.2. The Morgan fingerprint density at radius 2 is 2.10 bits per heavy atom. The number of methoxy groups -OCH3 is 1. The van der Waals surface area contributed by atoms with Crippen LogP contribution in [0.5, 0.6) is 5.75 Å². The molecule has 0 amide bonds. The van der Waals surface area contributed by atoms with Gasteiger partial charge in [-0.15, -0.1) is 0 Å². The number of anilines is 1. The van der Waals surface area contributed by atoms with Crippen LogP contribution in [0, 0.1) is 0 Å². The Balaban J connectivity index is 1.82. The number of imidazole rings is 1. The van der Waals surface area contributed by atoms with Gasteiger partial charge >= 0.3 is 0 Å². The Bertz CT molecular complexity index is 605. The smallest absolute Gasteiger partial charge is 0.207 e. The van der Waals surface area contributed by atoms with Gasteiger partial charge in [-0.05, 0) is 31.0 Å². The molecule has 0 spiro atoms. The molecule has 21 heavy (non-hydrogen) atoms. The van der Waals surface area contributed by atoms with E-state index in [4.69, 9.17) is 16.3 Å². The van der Waals surface area contributed by atoms with Crippen molar-refractivity contribution >= 4 is 17.5 Å². The Morgan fingerprint density at radius 3 is 2.81 bits per heavy atom. The van der Waals surface area contributed by atoms with Crippen molar-refractivity contribution in [3.05, 3.63) is 35.6 Å². The number of halogens is 1. The van der Waals surface area contributed by atoms with E-state index in [0.29, 0.717) is 16.8 Å². The molecule has 0 unspecified atom stereocenters. The van der Waals surface area contributed by atoms with Crippen LogP contribution in [0.25, 0.3) is 5.69 Å². The van der Waals surface area contributed by atoms with Crippen molar-refractivity contribution in [2.45, 2.75) is 38.1 Å². The first-order valence-electron chi connectivity index (χ1n) is 7.42. The van der Waals surface area contributed by atoms with Crippen molar-refractivity contribution in [3.8, 4) is 11.4 Å². The van der Waals surface area contributed by atoms with Gasteiger partial charge in [0.1, 0.15) is 5.75 Å². The summed E-state index contributed by atoms with van der Waals surface area (Å²) >= 11 is 6.21. The van der Waals surface area contributed by atoms with Crippen molar-refractivity contribution in [1.82, 2.24) is 9.55 Å². The maximum atomic E-state index is 6.21. The van der Waals surface area contributed by atoms with Gasteiger partial charge < -0.3 is 10.1 Å². The highest BCUT2D eigenvalue weighted by Gasteiger charge is 2.16. The van der Waals surface area contributed by atoms with E-state index in [1.54, 1.807) is 7.11 Å². The average Bonchev–Trinajstić information content (AvgIpc) is 2.96. The van der Waals surface area contributed by atoms with Gasteiger partial charge in [-0.3, -0.25) is 4.57 Å². The van der Waals surface area contributed by atoms with Crippen LogP contribution in [-0.2, 0) is 0 Å². The van der Waals surface area contributed by atoms with Crippen LogP contribution in [0.2, 0.25) is 5.02 Å². The second-order valence-electron chi connectivity index (χ2n) is 5.42. The Labute approximate surface area is 130 Å². The molecule has 1 heterocycles. The van der Waals surface area contributed by atoms with E-state index in [1.807, 2.05) is 35.2 Å². The van der Waals surface area contributed by atoms with Gasteiger partial charge in [-0.2, -0.15) is 0 Å². The second kappa shape index (κ2) is 6.39. The Kier molecular flexibility index (Phi) is 4.34. The molecule has 1 aliphatic rings. The van der Waals surface area contributed by atoms with E-state index in [-0.39, 0.29) is 0 Å². The van der Waals surface area contributed by atoms with Crippen LogP contribution in [0.3, 0.4) is 0 Å². The average molecular weight is 306 g/mol. The predicted octanol–water partition coefficient (Wildman–Crippen LogP) is 4.28. The second-order valence-corrected chi connectivity index (χ2v) is 5.83. The van der Waals surface area contributed by atoms with E-state index in [2.05, 4.69) is 10.3 Å². The summed E-state index contributed by atoms with van der Waals surface area (Å²) in [5.74, 6) is 1.56. The van der Waals surface area contributed by atoms with Crippen LogP contribution in [0.4, 0.5) is 5.95 Å². The predicted molar refractivity (Wildman–Crippen MR) is 85.6 cm³/mol. The molecule has 0 aliphatic heterocycles. The Morgan fingerprint density at radius 1 is 1.29 bits per heavy atom. The van der Waals surface area contributed by atoms with Gasteiger partial charge in [-0.1, -0.05) is 30.9 Å². The highest BCUT2D eigenvalue weighted by Crippen LogP contribution is 2.28. The number of aromatic nitrogens is 2. The first-order valence-corrected chi connectivity index (χ1v) is 7.79. The normalized spacial score (nSPS) is 15.9. The van der Waals surface area contributed by atoms with Crippen molar-refractivity contribution in [3.63, 3.8) is 0 Å². The molecule has 0 radical (unpaired) electrons. The number of ether oxygens (including phenoxy) is 1. The maximum absolute atomic E-state index is 6.21. The largest absolute Gasteiger partial charge is 0.495 e. The maximum Gasteiger partial charge on any atom is 0.207 e. The quantitative estimate of drug-likeness (QED) is 0.916. The number of benzene rings is 1. The number of hydrogen-bond donors (Lipinski definition) is 1. The van der Waals surface area contributed by atoms with Gasteiger partial charge in [0.2, 0.25) is 5.95 Å². The lowest BCUT2D eigenvalue weighted by Gasteiger charge is -2.23. The third-order valence-electron chi connectivity index (χ3n) is 3.99. The zero-order chi connectivity index (χ0) is 14.7. The van der Waals surface area contributed by atoms with Crippen LogP contribution >= 0.6 is 11.6 Å². The molecule has 1 aromatic carbocycles. The van der Waals surface area contributed by atoms with Crippen LogP contribution in [0.1, 0.15) is 32.1 Å². The molecule has 5 heteroatoms. The number of nitrogens with one attached hydrogen (secondary N) is 1. The monoisotopic (exact) mass is 305 g/mol. The molecular formula is C16H20ClN3O. The highest BCUT2D eigenvalue weighted by molar-refractivity contribution is 6.32. The standard InChI is InChI=1S/C16H20ClN3O/c1-21-15-8-7-13(11-14(15)17)20-10-9-18-16(20)19-12-5-3-2-4-6-12/h7-12H,2-6H2,1H3,(H,18,19). The molecule has 1 aromatic heterocycles. The third-order valence-corrected chi connectivity index (χ3v) is 4.29.